The van der Waals surface area contributed by atoms with E-state index in [0.717, 1.165) is 111 Å². The number of nitrogens with zero attached hydrogens (tertiary/aromatic N) is 3. The van der Waals surface area contributed by atoms with Gasteiger partial charge in [-0.05, 0) is 69.3 Å². The lowest BCUT2D eigenvalue weighted by Gasteiger charge is -2.16. The molecule has 13 rings (SSSR count). The second-order valence-electron chi connectivity index (χ2n) is 17.5. The van der Waals surface area contributed by atoms with E-state index in [9.17, 15) is 0 Å². The van der Waals surface area contributed by atoms with Crippen molar-refractivity contribution in [3.05, 3.63) is 249 Å². The molecule has 4 heteroatoms. The highest BCUT2D eigenvalue weighted by Crippen LogP contribution is 2.46. The van der Waals surface area contributed by atoms with Crippen LogP contribution >= 0.6 is 0 Å². The highest BCUT2D eigenvalue weighted by molar-refractivity contribution is 6.27. The van der Waals surface area contributed by atoms with Crippen molar-refractivity contribution in [1.29, 1.82) is 0 Å². The summed E-state index contributed by atoms with van der Waals surface area (Å²) in [4.78, 5) is 15.8. The predicted octanol–water partition coefficient (Wildman–Crippen LogP) is 17.4. The van der Waals surface area contributed by atoms with Gasteiger partial charge in [0, 0.05) is 54.7 Å². The van der Waals surface area contributed by atoms with Gasteiger partial charge in [-0.1, -0.05) is 218 Å². The van der Waals surface area contributed by atoms with Crippen LogP contribution in [-0.4, -0.2) is 15.0 Å². The molecule has 0 aliphatic rings. The maximum atomic E-state index is 6.62. The summed E-state index contributed by atoms with van der Waals surface area (Å²) in [6.07, 6.45) is 0. The molecule has 0 unspecified atom stereocenters. The van der Waals surface area contributed by atoms with Crippen molar-refractivity contribution in [2.24, 2.45) is 0 Å². The summed E-state index contributed by atoms with van der Waals surface area (Å²) in [5.41, 5.74) is 18.5. The molecule has 0 bridgehead atoms. The predicted molar refractivity (Wildman–Crippen MR) is 286 cm³/mol. The minimum atomic E-state index is 0.675. The summed E-state index contributed by atoms with van der Waals surface area (Å²) < 4.78 is 6.62. The van der Waals surface area contributed by atoms with Crippen LogP contribution in [0.15, 0.2) is 253 Å². The van der Waals surface area contributed by atoms with Crippen LogP contribution in [0.3, 0.4) is 0 Å². The van der Waals surface area contributed by atoms with Gasteiger partial charge in [-0.3, -0.25) is 0 Å². The van der Waals surface area contributed by atoms with E-state index in [1.54, 1.807) is 0 Å². The van der Waals surface area contributed by atoms with Gasteiger partial charge in [0.1, 0.15) is 11.2 Å². The fraction of sp³-hybridized carbons (Fsp3) is 0. The fourth-order valence-electron chi connectivity index (χ4n) is 9.89. The molecular weight excluding hydrogens is 839 g/mol. The highest BCUT2D eigenvalue weighted by atomic mass is 16.3. The Labute approximate surface area is 399 Å². The molecule has 0 radical (unpaired) electrons. The Hall–Kier alpha value is -9.25. The van der Waals surface area contributed by atoms with Gasteiger partial charge >= 0.3 is 0 Å². The molecule has 322 valence electrons. The Kier molecular flexibility index (Phi) is 9.80. The van der Waals surface area contributed by atoms with Gasteiger partial charge < -0.3 is 4.42 Å². The Bertz CT molecular complexity index is 3910. The van der Waals surface area contributed by atoms with Crippen LogP contribution in [0, 0.1) is 0 Å². The smallest absolute Gasteiger partial charge is 0.160 e. The number of aromatic nitrogens is 3. The Morgan fingerprint density at radius 2 is 0.739 bits per heavy atom. The van der Waals surface area contributed by atoms with Crippen LogP contribution in [0.2, 0.25) is 0 Å². The second kappa shape index (κ2) is 16.9. The Morgan fingerprint density at radius 1 is 0.261 bits per heavy atom. The molecule has 0 saturated heterocycles. The average Bonchev–Trinajstić information content (AvgIpc) is 3.81. The molecular formula is C65H41N3O. The lowest BCUT2D eigenvalue weighted by atomic mass is 9.89. The second-order valence-corrected chi connectivity index (χ2v) is 17.5. The molecule has 0 spiro atoms. The first-order valence-corrected chi connectivity index (χ1v) is 23.3. The molecule has 0 aliphatic heterocycles. The highest BCUT2D eigenvalue weighted by Gasteiger charge is 2.22. The Balaban J connectivity index is 0.907. The number of para-hydroxylation sites is 2. The largest absolute Gasteiger partial charge is 0.456 e. The summed E-state index contributed by atoms with van der Waals surface area (Å²) in [7, 11) is 0. The van der Waals surface area contributed by atoms with Crippen LogP contribution < -0.4 is 0 Å². The minimum absolute atomic E-state index is 0.675. The molecule has 69 heavy (non-hydrogen) atoms. The van der Waals surface area contributed by atoms with Gasteiger partial charge in [-0.15, -0.1) is 0 Å². The van der Waals surface area contributed by atoms with Gasteiger partial charge in [-0.2, -0.15) is 0 Å². The van der Waals surface area contributed by atoms with E-state index in [0.29, 0.717) is 5.82 Å². The summed E-state index contributed by atoms with van der Waals surface area (Å²) in [5.74, 6) is 0.675. The van der Waals surface area contributed by atoms with E-state index in [1.165, 1.54) is 16.5 Å². The SMILES string of the molecule is c1ccc(-c2ccc(-c3cc(-c4cccc(-c5ccc(-c6nc7ccccc7c7c(-c8ccccc8)c8c(cc67)oc6ccccc68)cc5)c4)nc(-c4ccc(-c5ccccc5)cc4)n3)cc2)cc1. The van der Waals surface area contributed by atoms with Crippen LogP contribution in [0.25, 0.3) is 133 Å². The molecule has 0 saturated carbocycles. The van der Waals surface area contributed by atoms with Crippen molar-refractivity contribution in [2.45, 2.75) is 0 Å². The van der Waals surface area contributed by atoms with Gasteiger partial charge in [0.25, 0.3) is 0 Å². The summed E-state index contributed by atoms with van der Waals surface area (Å²) in [6, 6.07) is 87.4. The van der Waals surface area contributed by atoms with E-state index in [1.807, 2.05) is 18.2 Å². The lowest BCUT2D eigenvalue weighted by Crippen LogP contribution is -1.96. The zero-order chi connectivity index (χ0) is 45.7. The van der Waals surface area contributed by atoms with Crippen molar-refractivity contribution >= 4 is 43.6 Å². The summed E-state index contributed by atoms with van der Waals surface area (Å²) >= 11 is 0. The van der Waals surface area contributed by atoms with Crippen LogP contribution in [0.5, 0.6) is 0 Å². The van der Waals surface area contributed by atoms with E-state index in [-0.39, 0.29) is 0 Å². The summed E-state index contributed by atoms with van der Waals surface area (Å²) in [6.45, 7) is 0. The molecule has 10 aromatic carbocycles. The number of hydrogen-bond donors (Lipinski definition) is 0. The third-order valence-electron chi connectivity index (χ3n) is 13.3. The Morgan fingerprint density at radius 3 is 1.41 bits per heavy atom. The number of hydrogen-bond acceptors (Lipinski definition) is 4. The van der Waals surface area contributed by atoms with E-state index in [2.05, 4.69) is 231 Å². The molecule has 3 aromatic heterocycles. The van der Waals surface area contributed by atoms with Gasteiger partial charge in [0.2, 0.25) is 0 Å². The molecule has 3 heterocycles. The standard InChI is InChI=1S/C65H41N3O/c1-4-15-42(16-5-1)44-27-33-47(34-28-44)57-41-58(68-65(67-57)50-37-31-45(32-38-50)43-17-6-2-7-18-43)52-22-14-21-51(39-52)46-29-35-49(36-30-46)64-55-40-60-63(54-24-11-13-26-59(54)69-60)61(48-19-8-3-9-20-48)62(55)53-23-10-12-25-56(53)66-64/h1-41H. The number of pyridine rings is 1. The molecule has 0 aliphatic carbocycles. The van der Waals surface area contributed by atoms with E-state index in [4.69, 9.17) is 19.4 Å². The first-order chi connectivity index (χ1) is 34.2. The quantitative estimate of drug-likeness (QED) is 0.143. The zero-order valence-corrected chi connectivity index (χ0v) is 37.4. The van der Waals surface area contributed by atoms with Crippen LogP contribution in [0.1, 0.15) is 0 Å². The van der Waals surface area contributed by atoms with Crippen molar-refractivity contribution in [3.63, 3.8) is 0 Å². The van der Waals surface area contributed by atoms with Crippen molar-refractivity contribution in [1.82, 2.24) is 15.0 Å². The topological polar surface area (TPSA) is 51.8 Å². The van der Waals surface area contributed by atoms with Gasteiger partial charge in [-0.25, -0.2) is 15.0 Å². The maximum Gasteiger partial charge on any atom is 0.160 e. The van der Waals surface area contributed by atoms with E-state index >= 15 is 0 Å². The molecule has 13 aromatic rings. The van der Waals surface area contributed by atoms with Crippen molar-refractivity contribution < 1.29 is 4.42 Å². The van der Waals surface area contributed by atoms with E-state index < -0.39 is 0 Å². The number of benzene rings is 10. The molecule has 0 N–H and O–H groups in total. The third kappa shape index (κ3) is 7.32. The fourth-order valence-corrected chi connectivity index (χ4v) is 9.89. The van der Waals surface area contributed by atoms with Crippen molar-refractivity contribution in [2.75, 3.05) is 0 Å². The van der Waals surface area contributed by atoms with Gasteiger partial charge in [0.05, 0.1) is 22.6 Å². The maximum absolute atomic E-state index is 6.62. The molecule has 0 fully saturated rings. The first kappa shape index (κ1) is 40.1. The molecule has 4 nitrogen and oxygen atoms in total. The first-order valence-electron chi connectivity index (χ1n) is 23.3. The third-order valence-corrected chi connectivity index (χ3v) is 13.3. The number of furan rings is 1. The zero-order valence-electron chi connectivity index (χ0n) is 37.4. The average molecular weight is 880 g/mol. The van der Waals surface area contributed by atoms with Gasteiger partial charge in [0.15, 0.2) is 5.82 Å². The normalized spacial score (nSPS) is 11.5. The van der Waals surface area contributed by atoms with Crippen LogP contribution in [-0.2, 0) is 0 Å². The number of rotatable bonds is 8. The number of fused-ring (bicyclic) bond motifs is 6. The van der Waals surface area contributed by atoms with Crippen molar-refractivity contribution in [3.8, 4) is 89.7 Å². The van der Waals surface area contributed by atoms with Crippen LogP contribution in [0.4, 0.5) is 0 Å². The molecule has 0 atom stereocenters. The molecule has 0 amide bonds. The lowest BCUT2D eigenvalue weighted by molar-refractivity contribution is 0.669. The monoisotopic (exact) mass is 879 g/mol. The summed E-state index contributed by atoms with van der Waals surface area (Å²) in [5, 5.41) is 5.55. The minimum Gasteiger partial charge on any atom is -0.456 e.